The minimum atomic E-state index is -1.36. The van der Waals surface area contributed by atoms with Gasteiger partial charge in [-0.25, -0.2) is 0 Å². The number of rotatable bonds is 5. The van der Waals surface area contributed by atoms with Crippen LogP contribution >= 0.6 is 8.58 Å². The topological polar surface area (TPSA) is 32.3 Å². The van der Waals surface area contributed by atoms with Crippen LogP contribution in [0.4, 0.5) is 0 Å². The molecule has 0 spiro atoms. The molecule has 2 N–H and O–H groups in total. The van der Waals surface area contributed by atoms with E-state index in [1.807, 2.05) is 13.1 Å². The highest BCUT2D eigenvalue weighted by Gasteiger charge is 2.18. The van der Waals surface area contributed by atoms with Gasteiger partial charge in [-0.1, -0.05) is 69.3 Å². The van der Waals surface area contributed by atoms with Crippen molar-refractivity contribution in [2.45, 2.75) is 33.1 Å². The lowest BCUT2D eigenvalue weighted by Crippen LogP contribution is -2.38. The second kappa shape index (κ2) is 6.95. The minimum Gasteiger partial charge on any atom is -0.507 e. The summed E-state index contributed by atoms with van der Waals surface area (Å²) >= 11 is 0. The molecule has 0 radical (unpaired) electrons. The van der Waals surface area contributed by atoms with Gasteiger partial charge in [0.15, 0.2) is 0 Å². The normalized spacial score (nSPS) is 12.2. The summed E-state index contributed by atoms with van der Waals surface area (Å²) in [7, 11) is 1.10. The van der Waals surface area contributed by atoms with Gasteiger partial charge in [0.2, 0.25) is 0 Å². The molecule has 2 aromatic rings. The maximum Gasteiger partial charge on any atom is 0.123 e. The second-order valence-electron chi connectivity index (χ2n) is 6.80. The van der Waals surface area contributed by atoms with Crippen LogP contribution in [0.15, 0.2) is 36.4 Å². The molecule has 118 valence electrons. The third-order valence-electron chi connectivity index (χ3n) is 3.76. The molecule has 0 saturated carbocycles. The average Bonchev–Trinajstić information content (AvgIpc) is 2.43. The number of phenolic OH excluding ortho intramolecular Hbond substituents is 1. The van der Waals surface area contributed by atoms with Gasteiger partial charge in [0, 0.05) is 11.8 Å². The van der Waals surface area contributed by atoms with Crippen LogP contribution in [-0.2, 0) is 6.54 Å². The molecule has 4 heteroatoms. The molecule has 1 unspecified atom stereocenters. The van der Waals surface area contributed by atoms with E-state index in [4.69, 9.17) is 0 Å². The fourth-order valence-corrected chi connectivity index (χ4v) is 4.95. The van der Waals surface area contributed by atoms with Gasteiger partial charge in [-0.05, 0) is 30.9 Å². The zero-order chi connectivity index (χ0) is 16.3. The molecular formula is C18H26NOPSi. The first-order valence-electron chi connectivity index (χ1n) is 7.66. The van der Waals surface area contributed by atoms with E-state index in [0.717, 1.165) is 11.8 Å². The van der Waals surface area contributed by atoms with E-state index in [1.165, 1.54) is 21.6 Å². The van der Waals surface area contributed by atoms with Crippen molar-refractivity contribution in [2.24, 2.45) is 0 Å². The SMILES string of the molecule is CNCc1cc(C)ccc1Pc1cc([Si](C)(C)C)ccc1O. The van der Waals surface area contributed by atoms with Gasteiger partial charge in [0.1, 0.15) is 5.75 Å². The van der Waals surface area contributed by atoms with Crippen molar-refractivity contribution in [3.63, 3.8) is 0 Å². The predicted molar refractivity (Wildman–Crippen MR) is 103 cm³/mol. The van der Waals surface area contributed by atoms with Crippen LogP contribution in [-0.4, -0.2) is 20.2 Å². The number of benzene rings is 2. The molecule has 22 heavy (non-hydrogen) atoms. The average molecular weight is 331 g/mol. The summed E-state index contributed by atoms with van der Waals surface area (Å²) in [4.78, 5) is 0. The van der Waals surface area contributed by atoms with E-state index in [-0.39, 0.29) is 0 Å². The van der Waals surface area contributed by atoms with E-state index < -0.39 is 8.07 Å². The third-order valence-corrected chi connectivity index (χ3v) is 7.23. The van der Waals surface area contributed by atoms with Crippen LogP contribution in [0.25, 0.3) is 0 Å². The quantitative estimate of drug-likeness (QED) is 0.652. The summed E-state index contributed by atoms with van der Waals surface area (Å²) in [5.41, 5.74) is 2.59. The van der Waals surface area contributed by atoms with Crippen LogP contribution in [0, 0.1) is 6.92 Å². The van der Waals surface area contributed by atoms with Crippen molar-refractivity contribution < 1.29 is 5.11 Å². The van der Waals surface area contributed by atoms with E-state index in [2.05, 4.69) is 62.2 Å². The van der Waals surface area contributed by atoms with Gasteiger partial charge in [-0.2, -0.15) is 0 Å². The highest BCUT2D eigenvalue weighted by molar-refractivity contribution is 7.56. The Kier molecular flexibility index (Phi) is 5.44. The first-order chi connectivity index (χ1) is 10.3. The molecule has 0 aliphatic rings. The molecule has 0 fully saturated rings. The number of hydrogen-bond donors (Lipinski definition) is 2. The van der Waals surface area contributed by atoms with Crippen molar-refractivity contribution in [1.29, 1.82) is 0 Å². The molecule has 1 atom stereocenters. The molecule has 0 bridgehead atoms. The summed E-state index contributed by atoms with van der Waals surface area (Å²) in [6.45, 7) is 9.99. The Morgan fingerprint density at radius 3 is 2.41 bits per heavy atom. The highest BCUT2D eigenvalue weighted by Crippen LogP contribution is 2.21. The fourth-order valence-electron chi connectivity index (χ4n) is 2.43. The van der Waals surface area contributed by atoms with Gasteiger partial charge < -0.3 is 10.4 Å². The Hall–Kier alpha value is -1.15. The molecule has 0 saturated heterocycles. The predicted octanol–water partition coefficient (Wildman–Crippen LogP) is 2.59. The molecule has 0 amide bonds. The smallest absolute Gasteiger partial charge is 0.123 e. The third kappa shape index (κ3) is 4.19. The Bertz CT molecular complexity index is 665. The lowest BCUT2D eigenvalue weighted by molar-refractivity contribution is 0.480. The lowest BCUT2D eigenvalue weighted by atomic mass is 10.1. The molecule has 2 aromatic carbocycles. The summed E-state index contributed by atoms with van der Waals surface area (Å²) < 4.78 is 0. The number of aryl methyl sites for hydroxylation is 1. The van der Waals surface area contributed by atoms with Crippen molar-refractivity contribution in [3.05, 3.63) is 47.5 Å². The Balaban J connectivity index is 2.38. The standard InChI is InChI=1S/C18H26NOPSi/c1-13-6-9-17(14(10-13)12-19-2)21-18-11-15(22(3,4)5)7-8-16(18)20/h6-11,19-21H,12H2,1-5H3. The van der Waals surface area contributed by atoms with E-state index >= 15 is 0 Å². The zero-order valence-corrected chi connectivity index (χ0v) is 16.1. The summed E-state index contributed by atoms with van der Waals surface area (Å²) in [5, 5.41) is 17.2. The maximum atomic E-state index is 10.2. The lowest BCUT2D eigenvalue weighted by Gasteiger charge is -2.19. The first-order valence-corrected chi connectivity index (χ1v) is 12.2. The van der Waals surface area contributed by atoms with Crippen LogP contribution in [0.3, 0.4) is 0 Å². The van der Waals surface area contributed by atoms with Crippen LogP contribution in [0.5, 0.6) is 5.75 Å². The van der Waals surface area contributed by atoms with Crippen molar-refractivity contribution in [1.82, 2.24) is 5.32 Å². The second-order valence-corrected chi connectivity index (χ2v) is 13.2. The molecule has 0 heterocycles. The van der Waals surface area contributed by atoms with Crippen LogP contribution in [0.1, 0.15) is 11.1 Å². The molecule has 2 nitrogen and oxygen atoms in total. The number of hydrogen-bond acceptors (Lipinski definition) is 2. The first kappa shape index (κ1) is 17.2. The fraction of sp³-hybridized carbons (Fsp3) is 0.333. The van der Waals surface area contributed by atoms with Crippen molar-refractivity contribution in [3.8, 4) is 5.75 Å². The maximum absolute atomic E-state index is 10.2. The summed E-state index contributed by atoms with van der Waals surface area (Å²) in [6.07, 6.45) is 0. The number of phenols is 1. The Morgan fingerprint density at radius 2 is 1.77 bits per heavy atom. The monoisotopic (exact) mass is 331 g/mol. The number of aromatic hydroxyl groups is 1. The summed E-state index contributed by atoms with van der Waals surface area (Å²) in [5.74, 6) is 0.413. The highest BCUT2D eigenvalue weighted by atomic mass is 31.1. The van der Waals surface area contributed by atoms with E-state index in [0.29, 0.717) is 14.3 Å². The molecule has 0 aliphatic heterocycles. The Labute approximate surface area is 136 Å². The molecular weight excluding hydrogens is 305 g/mol. The number of nitrogens with one attached hydrogen (secondary N) is 1. The van der Waals surface area contributed by atoms with E-state index in [1.54, 1.807) is 0 Å². The largest absolute Gasteiger partial charge is 0.507 e. The Morgan fingerprint density at radius 1 is 1.05 bits per heavy atom. The zero-order valence-electron chi connectivity index (χ0n) is 14.1. The van der Waals surface area contributed by atoms with Gasteiger partial charge in [0.25, 0.3) is 0 Å². The minimum absolute atomic E-state index is 0.413. The van der Waals surface area contributed by atoms with Crippen molar-refractivity contribution >= 4 is 32.5 Å². The van der Waals surface area contributed by atoms with Gasteiger partial charge in [0.05, 0.1) is 8.07 Å². The van der Waals surface area contributed by atoms with Crippen LogP contribution < -0.4 is 21.1 Å². The van der Waals surface area contributed by atoms with Gasteiger partial charge in [-0.15, -0.1) is 0 Å². The van der Waals surface area contributed by atoms with Gasteiger partial charge in [-0.3, -0.25) is 0 Å². The molecule has 2 rings (SSSR count). The molecule has 0 aliphatic carbocycles. The summed E-state index contributed by atoms with van der Waals surface area (Å²) in [6, 6.07) is 12.7. The molecule has 0 aromatic heterocycles. The van der Waals surface area contributed by atoms with Crippen LogP contribution in [0.2, 0.25) is 19.6 Å². The van der Waals surface area contributed by atoms with E-state index in [9.17, 15) is 5.11 Å². The van der Waals surface area contributed by atoms with Gasteiger partial charge >= 0.3 is 0 Å². The van der Waals surface area contributed by atoms with Crippen molar-refractivity contribution in [2.75, 3.05) is 7.05 Å².